The lowest BCUT2D eigenvalue weighted by molar-refractivity contribution is -0.116. The van der Waals surface area contributed by atoms with Crippen LogP contribution in [-0.4, -0.2) is 16.0 Å². The first-order valence-corrected chi connectivity index (χ1v) is 9.64. The van der Waals surface area contributed by atoms with Crippen molar-refractivity contribution < 1.29 is 9.32 Å². The SMILES string of the molecule is Cc1cc(C)c(NC(=O)CCc2nc(-c3ccc(C(C)C)cc3)no2)c(C)c1. The van der Waals surface area contributed by atoms with Crippen LogP contribution in [0.15, 0.2) is 40.9 Å². The lowest BCUT2D eigenvalue weighted by atomic mass is 10.0. The molecule has 1 amide bonds. The molecule has 1 heterocycles. The third-order valence-electron chi connectivity index (χ3n) is 4.81. The second kappa shape index (κ2) is 8.38. The number of hydrogen-bond acceptors (Lipinski definition) is 4. The van der Waals surface area contributed by atoms with Gasteiger partial charge in [-0.15, -0.1) is 0 Å². The maximum absolute atomic E-state index is 12.4. The molecule has 5 nitrogen and oxygen atoms in total. The van der Waals surface area contributed by atoms with Gasteiger partial charge < -0.3 is 9.84 Å². The summed E-state index contributed by atoms with van der Waals surface area (Å²) in [6, 6.07) is 12.3. The molecule has 0 unspecified atom stereocenters. The first kappa shape index (κ1) is 19.8. The van der Waals surface area contributed by atoms with Gasteiger partial charge in [-0.05, 0) is 43.4 Å². The Bertz CT molecular complexity index is 949. The molecule has 0 bridgehead atoms. The number of nitrogens with zero attached hydrogens (tertiary/aromatic N) is 2. The highest BCUT2D eigenvalue weighted by Crippen LogP contribution is 2.23. The van der Waals surface area contributed by atoms with Crippen LogP contribution in [0.25, 0.3) is 11.4 Å². The van der Waals surface area contributed by atoms with Crippen LogP contribution in [0.5, 0.6) is 0 Å². The zero-order valence-electron chi connectivity index (χ0n) is 17.2. The fourth-order valence-electron chi connectivity index (χ4n) is 3.29. The van der Waals surface area contributed by atoms with Gasteiger partial charge >= 0.3 is 0 Å². The smallest absolute Gasteiger partial charge is 0.227 e. The van der Waals surface area contributed by atoms with E-state index < -0.39 is 0 Å². The van der Waals surface area contributed by atoms with Crippen molar-refractivity contribution in [2.75, 3.05) is 5.32 Å². The summed E-state index contributed by atoms with van der Waals surface area (Å²) in [5.74, 6) is 1.44. The highest BCUT2D eigenvalue weighted by molar-refractivity contribution is 5.92. The van der Waals surface area contributed by atoms with E-state index in [2.05, 4.69) is 60.5 Å². The largest absolute Gasteiger partial charge is 0.339 e. The summed E-state index contributed by atoms with van der Waals surface area (Å²) in [6.45, 7) is 10.4. The van der Waals surface area contributed by atoms with E-state index >= 15 is 0 Å². The van der Waals surface area contributed by atoms with Crippen molar-refractivity contribution in [1.29, 1.82) is 0 Å². The number of carbonyl (C=O) groups is 1. The Morgan fingerprint density at radius 2 is 1.71 bits per heavy atom. The van der Waals surface area contributed by atoms with Gasteiger partial charge in [0.15, 0.2) is 0 Å². The first-order valence-electron chi connectivity index (χ1n) is 9.64. The molecule has 0 aliphatic heterocycles. The Morgan fingerprint density at radius 1 is 1.07 bits per heavy atom. The molecular weight excluding hydrogens is 350 g/mol. The van der Waals surface area contributed by atoms with Gasteiger partial charge in [0.2, 0.25) is 17.6 Å². The quantitative estimate of drug-likeness (QED) is 0.628. The van der Waals surface area contributed by atoms with Crippen molar-refractivity contribution in [1.82, 2.24) is 10.1 Å². The van der Waals surface area contributed by atoms with Crippen molar-refractivity contribution in [3.8, 4) is 11.4 Å². The summed E-state index contributed by atoms with van der Waals surface area (Å²) in [4.78, 5) is 16.8. The van der Waals surface area contributed by atoms with Gasteiger partial charge in [0.25, 0.3) is 0 Å². The lowest BCUT2D eigenvalue weighted by Crippen LogP contribution is -2.14. The molecule has 5 heteroatoms. The summed E-state index contributed by atoms with van der Waals surface area (Å²) >= 11 is 0. The van der Waals surface area contributed by atoms with Crippen molar-refractivity contribution in [3.63, 3.8) is 0 Å². The molecule has 0 atom stereocenters. The lowest BCUT2D eigenvalue weighted by Gasteiger charge is -2.12. The van der Waals surface area contributed by atoms with Crippen LogP contribution in [0.1, 0.15) is 54.3 Å². The van der Waals surface area contributed by atoms with Crippen LogP contribution in [0.2, 0.25) is 0 Å². The minimum Gasteiger partial charge on any atom is -0.339 e. The average molecular weight is 377 g/mol. The summed E-state index contributed by atoms with van der Waals surface area (Å²) in [5.41, 5.74) is 6.38. The number of aryl methyl sites for hydroxylation is 4. The van der Waals surface area contributed by atoms with Crippen molar-refractivity contribution in [3.05, 3.63) is 64.5 Å². The van der Waals surface area contributed by atoms with Gasteiger partial charge in [0.1, 0.15) is 0 Å². The maximum Gasteiger partial charge on any atom is 0.227 e. The van der Waals surface area contributed by atoms with E-state index in [0.717, 1.165) is 22.4 Å². The molecule has 0 aliphatic rings. The topological polar surface area (TPSA) is 68.0 Å². The van der Waals surface area contributed by atoms with Crippen molar-refractivity contribution >= 4 is 11.6 Å². The van der Waals surface area contributed by atoms with E-state index in [4.69, 9.17) is 4.52 Å². The molecule has 3 rings (SSSR count). The second-order valence-corrected chi connectivity index (χ2v) is 7.61. The molecule has 1 N–H and O–H groups in total. The summed E-state index contributed by atoms with van der Waals surface area (Å²) in [5, 5.41) is 7.05. The maximum atomic E-state index is 12.4. The van der Waals surface area contributed by atoms with Crippen LogP contribution in [-0.2, 0) is 11.2 Å². The fraction of sp³-hybridized carbons (Fsp3) is 0.348. The minimum absolute atomic E-state index is 0.0592. The van der Waals surface area contributed by atoms with Gasteiger partial charge in [-0.25, -0.2) is 0 Å². The zero-order chi connectivity index (χ0) is 20.3. The third-order valence-corrected chi connectivity index (χ3v) is 4.81. The van der Waals surface area contributed by atoms with Crippen LogP contribution < -0.4 is 5.32 Å². The molecule has 1 aromatic heterocycles. The fourth-order valence-corrected chi connectivity index (χ4v) is 3.29. The predicted molar refractivity (Wildman–Crippen MR) is 111 cm³/mol. The molecule has 2 aromatic carbocycles. The Labute approximate surface area is 166 Å². The number of benzene rings is 2. The van der Waals surface area contributed by atoms with Gasteiger partial charge in [-0.1, -0.05) is 61.0 Å². The van der Waals surface area contributed by atoms with E-state index in [1.54, 1.807) is 0 Å². The Morgan fingerprint density at radius 3 is 2.32 bits per heavy atom. The number of aromatic nitrogens is 2. The standard InChI is InChI=1S/C23H27N3O2/c1-14(2)18-6-8-19(9-7-18)23-25-21(28-26-23)11-10-20(27)24-22-16(4)12-15(3)13-17(22)5/h6-9,12-14H,10-11H2,1-5H3,(H,24,27). The van der Waals surface area contributed by atoms with E-state index in [1.165, 1.54) is 11.1 Å². The highest BCUT2D eigenvalue weighted by Gasteiger charge is 2.13. The highest BCUT2D eigenvalue weighted by atomic mass is 16.5. The number of anilines is 1. The van der Waals surface area contributed by atoms with E-state index in [9.17, 15) is 4.79 Å². The molecule has 0 saturated heterocycles. The van der Waals surface area contributed by atoms with Crippen LogP contribution in [0, 0.1) is 20.8 Å². The summed E-state index contributed by atoms with van der Waals surface area (Å²) in [6.07, 6.45) is 0.702. The molecule has 0 spiro atoms. The minimum atomic E-state index is -0.0592. The predicted octanol–water partition coefficient (Wildman–Crippen LogP) is 5.36. The average Bonchev–Trinajstić information content (AvgIpc) is 3.12. The van der Waals surface area contributed by atoms with Gasteiger partial charge in [0, 0.05) is 24.1 Å². The molecule has 3 aromatic rings. The Kier molecular flexibility index (Phi) is 5.93. The Hall–Kier alpha value is -2.95. The second-order valence-electron chi connectivity index (χ2n) is 7.61. The summed E-state index contributed by atoms with van der Waals surface area (Å²) in [7, 11) is 0. The number of hydrogen-bond donors (Lipinski definition) is 1. The number of rotatable bonds is 6. The van der Waals surface area contributed by atoms with Crippen LogP contribution in [0.4, 0.5) is 5.69 Å². The number of amides is 1. The molecule has 146 valence electrons. The van der Waals surface area contributed by atoms with Crippen LogP contribution >= 0.6 is 0 Å². The molecule has 0 radical (unpaired) electrons. The van der Waals surface area contributed by atoms with E-state index in [1.807, 2.05) is 26.0 Å². The third kappa shape index (κ3) is 4.66. The monoisotopic (exact) mass is 377 g/mol. The normalized spacial score (nSPS) is 11.1. The van der Waals surface area contributed by atoms with Gasteiger partial charge in [-0.3, -0.25) is 4.79 Å². The van der Waals surface area contributed by atoms with E-state index in [-0.39, 0.29) is 5.91 Å². The molecule has 0 saturated carbocycles. The summed E-state index contributed by atoms with van der Waals surface area (Å²) < 4.78 is 5.32. The Balaban J connectivity index is 1.60. The molecule has 0 aliphatic carbocycles. The zero-order valence-corrected chi connectivity index (χ0v) is 17.2. The van der Waals surface area contributed by atoms with Crippen molar-refractivity contribution in [2.24, 2.45) is 0 Å². The number of nitrogens with one attached hydrogen (secondary N) is 1. The molecule has 0 fully saturated rings. The van der Waals surface area contributed by atoms with Gasteiger partial charge in [0.05, 0.1) is 0 Å². The van der Waals surface area contributed by atoms with Gasteiger partial charge in [-0.2, -0.15) is 4.98 Å². The first-order chi connectivity index (χ1) is 13.3. The van der Waals surface area contributed by atoms with E-state index in [0.29, 0.717) is 30.5 Å². The molecule has 28 heavy (non-hydrogen) atoms. The van der Waals surface area contributed by atoms with Crippen molar-refractivity contribution in [2.45, 2.75) is 53.4 Å². The molecular formula is C23H27N3O2. The van der Waals surface area contributed by atoms with Crippen LogP contribution in [0.3, 0.4) is 0 Å². The number of carbonyl (C=O) groups excluding carboxylic acids is 1.